The molecule has 0 amide bonds. The molecule has 0 unspecified atom stereocenters. The number of carbonyl (C=O) groups is 1. The van der Waals surface area contributed by atoms with Crippen molar-refractivity contribution in [1.82, 2.24) is 0 Å². The number of carboxylic acid groups (broad SMARTS) is 1. The SMILES string of the molecule is CCCCCCOc1ccc(C(=O)O)c(-c2ccc(CCC3CCC(CCCCC)CC3)cc2)c1. The summed E-state index contributed by atoms with van der Waals surface area (Å²) < 4.78 is 5.92. The first-order valence-electron chi connectivity index (χ1n) is 14.2. The topological polar surface area (TPSA) is 46.5 Å². The summed E-state index contributed by atoms with van der Waals surface area (Å²) in [4.78, 5) is 11.8. The van der Waals surface area contributed by atoms with Crippen molar-refractivity contribution in [2.45, 2.75) is 104 Å². The molecule has 0 heterocycles. The summed E-state index contributed by atoms with van der Waals surface area (Å²) in [5.41, 5.74) is 3.34. The Labute approximate surface area is 213 Å². The minimum atomic E-state index is -0.899. The molecule has 3 rings (SSSR count). The minimum Gasteiger partial charge on any atom is -0.494 e. The van der Waals surface area contributed by atoms with Crippen molar-refractivity contribution in [3.8, 4) is 16.9 Å². The second-order valence-electron chi connectivity index (χ2n) is 10.5. The van der Waals surface area contributed by atoms with Crippen LogP contribution in [-0.2, 0) is 6.42 Å². The molecular weight excluding hydrogens is 432 g/mol. The summed E-state index contributed by atoms with van der Waals surface area (Å²) in [7, 11) is 0. The predicted octanol–water partition coefficient (Wildman–Crippen LogP) is 9.33. The Balaban J connectivity index is 1.53. The quantitative estimate of drug-likeness (QED) is 0.259. The average molecular weight is 479 g/mol. The van der Waals surface area contributed by atoms with Crippen LogP contribution in [0, 0.1) is 11.8 Å². The first kappa shape index (κ1) is 27.3. The monoisotopic (exact) mass is 478 g/mol. The van der Waals surface area contributed by atoms with Crippen LogP contribution in [0.25, 0.3) is 11.1 Å². The second-order valence-corrected chi connectivity index (χ2v) is 10.5. The van der Waals surface area contributed by atoms with Gasteiger partial charge < -0.3 is 9.84 Å². The standard InChI is InChI=1S/C32H46O3/c1-3-5-7-9-23-35-29-21-22-30(32(33)34)31(24-29)28-19-17-27(18-20-28)16-15-26-13-11-25(12-14-26)10-8-6-4-2/h17-22,24-26H,3-16,23H2,1-2H3,(H,33,34). The minimum absolute atomic E-state index is 0.326. The molecule has 2 aromatic rings. The van der Waals surface area contributed by atoms with Gasteiger partial charge in [-0.2, -0.15) is 0 Å². The molecule has 1 fully saturated rings. The van der Waals surface area contributed by atoms with E-state index in [9.17, 15) is 9.90 Å². The number of hydrogen-bond donors (Lipinski definition) is 1. The van der Waals surface area contributed by atoms with Gasteiger partial charge in [-0.1, -0.05) is 109 Å². The van der Waals surface area contributed by atoms with Crippen LogP contribution in [0.4, 0.5) is 0 Å². The molecule has 2 aromatic carbocycles. The molecule has 192 valence electrons. The Hall–Kier alpha value is -2.29. The number of aryl methyl sites for hydroxylation is 1. The Morgan fingerprint density at radius 2 is 1.49 bits per heavy atom. The molecule has 0 radical (unpaired) electrons. The normalized spacial score (nSPS) is 17.9. The maximum atomic E-state index is 11.8. The van der Waals surface area contributed by atoms with Gasteiger partial charge in [-0.3, -0.25) is 0 Å². The van der Waals surface area contributed by atoms with E-state index in [1.807, 2.05) is 6.07 Å². The number of ether oxygens (including phenoxy) is 1. The lowest BCUT2D eigenvalue weighted by Gasteiger charge is -2.28. The summed E-state index contributed by atoms with van der Waals surface area (Å²) in [6.45, 7) is 5.16. The molecule has 0 aromatic heterocycles. The fourth-order valence-corrected chi connectivity index (χ4v) is 5.47. The lowest BCUT2D eigenvalue weighted by atomic mass is 9.78. The lowest BCUT2D eigenvalue weighted by molar-refractivity contribution is 0.0697. The van der Waals surface area contributed by atoms with Gasteiger partial charge in [0, 0.05) is 0 Å². The van der Waals surface area contributed by atoms with Crippen molar-refractivity contribution in [3.63, 3.8) is 0 Å². The van der Waals surface area contributed by atoms with Crippen LogP contribution in [0.2, 0.25) is 0 Å². The number of unbranched alkanes of at least 4 members (excludes halogenated alkanes) is 5. The highest BCUT2D eigenvalue weighted by atomic mass is 16.5. The third kappa shape index (κ3) is 9.02. The van der Waals surface area contributed by atoms with Gasteiger partial charge in [-0.15, -0.1) is 0 Å². The molecule has 1 N–H and O–H groups in total. The zero-order valence-electron chi connectivity index (χ0n) is 22.1. The van der Waals surface area contributed by atoms with Crippen molar-refractivity contribution in [3.05, 3.63) is 53.6 Å². The van der Waals surface area contributed by atoms with Gasteiger partial charge in [-0.25, -0.2) is 4.79 Å². The highest BCUT2D eigenvalue weighted by Crippen LogP contribution is 2.35. The zero-order chi connectivity index (χ0) is 24.9. The van der Waals surface area contributed by atoms with Crippen LogP contribution >= 0.6 is 0 Å². The molecule has 1 aliphatic rings. The summed E-state index contributed by atoms with van der Waals surface area (Å²) >= 11 is 0. The van der Waals surface area contributed by atoms with Gasteiger partial charge in [-0.05, 0) is 66.0 Å². The van der Waals surface area contributed by atoms with Crippen LogP contribution in [0.3, 0.4) is 0 Å². The first-order valence-corrected chi connectivity index (χ1v) is 14.2. The van der Waals surface area contributed by atoms with E-state index in [1.165, 1.54) is 82.6 Å². The van der Waals surface area contributed by atoms with E-state index in [-0.39, 0.29) is 0 Å². The molecule has 0 spiro atoms. The average Bonchev–Trinajstić information content (AvgIpc) is 2.88. The zero-order valence-corrected chi connectivity index (χ0v) is 22.1. The van der Waals surface area contributed by atoms with Crippen LogP contribution in [0.15, 0.2) is 42.5 Å². The maximum absolute atomic E-state index is 11.8. The fraction of sp³-hybridized carbons (Fsp3) is 0.594. The fourth-order valence-electron chi connectivity index (χ4n) is 5.47. The molecule has 0 saturated heterocycles. The summed E-state index contributed by atoms with van der Waals surface area (Å²) in [5.74, 6) is 1.68. The molecule has 3 nitrogen and oxygen atoms in total. The molecule has 0 aliphatic heterocycles. The number of rotatable bonds is 15. The summed E-state index contributed by atoms with van der Waals surface area (Å²) in [5, 5.41) is 9.71. The van der Waals surface area contributed by atoms with E-state index >= 15 is 0 Å². The Morgan fingerprint density at radius 1 is 0.829 bits per heavy atom. The highest BCUT2D eigenvalue weighted by Gasteiger charge is 2.20. The third-order valence-electron chi connectivity index (χ3n) is 7.78. The van der Waals surface area contributed by atoms with Gasteiger partial charge in [0.2, 0.25) is 0 Å². The maximum Gasteiger partial charge on any atom is 0.336 e. The largest absolute Gasteiger partial charge is 0.494 e. The smallest absolute Gasteiger partial charge is 0.336 e. The highest BCUT2D eigenvalue weighted by molar-refractivity contribution is 5.96. The molecule has 3 heteroatoms. The van der Waals surface area contributed by atoms with Crippen molar-refractivity contribution in [1.29, 1.82) is 0 Å². The Kier molecular flexibility index (Phi) is 11.7. The van der Waals surface area contributed by atoms with Gasteiger partial charge in [0.05, 0.1) is 12.2 Å². The molecule has 0 bridgehead atoms. The molecule has 0 atom stereocenters. The number of hydrogen-bond acceptors (Lipinski definition) is 2. The summed E-state index contributed by atoms with van der Waals surface area (Å²) in [6, 6.07) is 13.8. The predicted molar refractivity (Wildman–Crippen MR) is 146 cm³/mol. The van der Waals surface area contributed by atoms with E-state index in [2.05, 4.69) is 38.1 Å². The van der Waals surface area contributed by atoms with Crippen LogP contribution < -0.4 is 4.74 Å². The van der Waals surface area contributed by atoms with Gasteiger partial charge in [0.15, 0.2) is 0 Å². The van der Waals surface area contributed by atoms with Crippen molar-refractivity contribution in [2.24, 2.45) is 11.8 Å². The van der Waals surface area contributed by atoms with E-state index < -0.39 is 5.97 Å². The van der Waals surface area contributed by atoms with Crippen LogP contribution in [0.5, 0.6) is 5.75 Å². The Bertz CT molecular complexity index is 878. The van der Waals surface area contributed by atoms with Crippen molar-refractivity contribution >= 4 is 5.97 Å². The number of aromatic carboxylic acids is 1. The molecule has 1 aliphatic carbocycles. The van der Waals surface area contributed by atoms with Crippen LogP contribution in [0.1, 0.15) is 113 Å². The second kappa shape index (κ2) is 15.0. The Morgan fingerprint density at radius 3 is 2.14 bits per heavy atom. The van der Waals surface area contributed by atoms with E-state index in [0.717, 1.165) is 41.6 Å². The first-order chi connectivity index (χ1) is 17.1. The van der Waals surface area contributed by atoms with E-state index in [0.29, 0.717) is 12.2 Å². The van der Waals surface area contributed by atoms with Gasteiger partial charge in [0.1, 0.15) is 5.75 Å². The van der Waals surface area contributed by atoms with E-state index in [1.54, 1.807) is 12.1 Å². The molecule has 1 saturated carbocycles. The van der Waals surface area contributed by atoms with Crippen molar-refractivity contribution in [2.75, 3.05) is 6.61 Å². The summed E-state index contributed by atoms with van der Waals surface area (Å²) in [6.07, 6.45) is 18.2. The van der Waals surface area contributed by atoms with Gasteiger partial charge >= 0.3 is 5.97 Å². The number of benzene rings is 2. The molecular formula is C32H46O3. The van der Waals surface area contributed by atoms with Gasteiger partial charge in [0.25, 0.3) is 0 Å². The lowest BCUT2D eigenvalue weighted by Crippen LogP contribution is -2.15. The number of carboxylic acids is 1. The van der Waals surface area contributed by atoms with Crippen LogP contribution in [-0.4, -0.2) is 17.7 Å². The van der Waals surface area contributed by atoms with E-state index in [4.69, 9.17) is 4.74 Å². The molecule has 35 heavy (non-hydrogen) atoms. The third-order valence-corrected chi connectivity index (χ3v) is 7.78. The van der Waals surface area contributed by atoms with Crippen molar-refractivity contribution < 1.29 is 14.6 Å².